The van der Waals surface area contributed by atoms with E-state index in [9.17, 15) is 0 Å². The summed E-state index contributed by atoms with van der Waals surface area (Å²) in [5, 5.41) is 14.8. The number of rotatable bonds is 0. The van der Waals surface area contributed by atoms with E-state index in [0.717, 1.165) is 0 Å². The van der Waals surface area contributed by atoms with Crippen LogP contribution >= 0.6 is 7.82 Å². The number of carboxylic acid groups (broad SMARTS) is 2. The first kappa shape index (κ1) is 30.8. The van der Waals surface area contributed by atoms with Crippen LogP contribution in [0.15, 0.2) is 0 Å². The van der Waals surface area contributed by atoms with Crippen LogP contribution in [0.25, 0.3) is 0 Å². The molecule has 0 heterocycles. The van der Waals surface area contributed by atoms with Crippen molar-refractivity contribution in [3.05, 3.63) is 0 Å². The molecule has 0 aliphatic rings. The van der Waals surface area contributed by atoms with Crippen molar-refractivity contribution in [2.24, 2.45) is 0 Å². The van der Waals surface area contributed by atoms with E-state index in [4.69, 9.17) is 39.0 Å². The van der Waals surface area contributed by atoms with Crippen LogP contribution in [-0.4, -0.2) is 22.2 Å². The summed E-state index contributed by atoms with van der Waals surface area (Å²) in [6.07, 6.45) is 0. The second-order valence-electron chi connectivity index (χ2n) is 1.06. The Morgan fingerprint density at radius 2 is 0.929 bits per heavy atom. The van der Waals surface area contributed by atoms with Crippen molar-refractivity contribution >= 4 is 19.8 Å². The molecule has 0 bridgehead atoms. The summed E-state index contributed by atoms with van der Waals surface area (Å²) in [7, 11) is -5.39. The molecule has 0 fully saturated rings. The van der Waals surface area contributed by atoms with Gasteiger partial charge in [-0.15, -0.1) is 0 Å². The van der Waals surface area contributed by atoms with Gasteiger partial charge in [0.15, 0.2) is 0 Å². The molecule has 0 aliphatic heterocycles. The summed E-state index contributed by atoms with van der Waals surface area (Å²) >= 11 is 0. The normalized spacial score (nSPS) is 7.36. The van der Waals surface area contributed by atoms with Gasteiger partial charge in [-0.25, -0.2) is 9.59 Å². The summed E-state index contributed by atoms with van der Waals surface area (Å²) < 4.78 is 8.55. The number of hydrogen-bond donors (Lipinski definition) is 2. The van der Waals surface area contributed by atoms with E-state index in [1.54, 1.807) is 0 Å². The molecule has 66 valence electrons. The molecule has 0 atom stereocenters. The molecule has 0 aromatic carbocycles. The van der Waals surface area contributed by atoms with Crippen molar-refractivity contribution in [3.8, 4) is 0 Å². The summed E-state index contributed by atoms with van der Waals surface area (Å²) in [5.74, 6) is -3.65. The van der Waals surface area contributed by atoms with E-state index in [1.807, 2.05) is 0 Å². The summed E-state index contributed by atoms with van der Waals surface area (Å²) in [4.78, 5) is 43.8. The van der Waals surface area contributed by atoms with E-state index in [-0.39, 0.29) is 154 Å². The molecule has 2 N–H and O–H groups in total. The van der Waals surface area contributed by atoms with Crippen molar-refractivity contribution in [2.45, 2.75) is 0 Å². The van der Waals surface area contributed by atoms with Gasteiger partial charge in [-0.2, -0.15) is 7.82 Å². The average Bonchev–Trinajstić information content (AvgIpc) is 1.59. The van der Waals surface area contributed by atoms with Gasteiger partial charge < -0.3 is 29.5 Å². The van der Waals surface area contributed by atoms with Crippen LogP contribution < -0.4 is 169 Å². The van der Waals surface area contributed by atoms with E-state index in [1.165, 1.54) is 0 Å². The maximum atomic E-state index is 9.10. The number of hydrogen-bond acceptors (Lipinski definition) is 6. The standard InChI is InChI=1S/C2H2O4.3K.H3O4P/c3-1(4)2(5)6;;;;1-5(2,3)4/h(H,3,4)(H,5,6);;;;(H3,1,2,3,4)/q;3*+1;/p-3. The second kappa shape index (κ2) is 17.0. The van der Waals surface area contributed by atoms with Crippen LogP contribution in [0.3, 0.4) is 0 Å². The zero-order chi connectivity index (χ0) is 9.65. The zero-order valence-electron chi connectivity index (χ0n) is 7.79. The van der Waals surface area contributed by atoms with Gasteiger partial charge >= 0.3 is 166 Å². The van der Waals surface area contributed by atoms with Gasteiger partial charge in [-0.1, -0.05) is 0 Å². The molecule has 0 aromatic rings. The number of carboxylic acids is 2. The first-order chi connectivity index (χ1) is 4.64. The first-order valence-corrected chi connectivity index (χ1v) is 3.30. The summed E-state index contributed by atoms with van der Waals surface area (Å²) in [6, 6.07) is 0. The minimum absolute atomic E-state index is 0. The average molecular weight is 302 g/mol. The molecule has 0 amide bonds. The van der Waals surface area contributed by atoms with E-state index in [2.05, 4.69) is 0 Å². The molecule has 0 saturated heterocycles. The Labute approximate surface area is 207 Å². The first-order valence-electron chi connectivity index (χ1n) is 1.84. The molecular weight excluding hydrogens is 300 g/mol. The van der Waals surface area contributed by atoms with Crippen LogP contribution in [0.1, 0.15) is 0 Å². The Balaban J connectivity index is -0.0000000321. The fourth-order valence-corrected chi connectivity index (χ4v) is 0. The SMILES string of the molecule is O=C(O)C(=O)O.O=P([O-])([O-])[O-].[K+].[K+].[K+]. The molecule has 0 rings (SSSR count). The number of aliphatic carboxylic acids is 2. The minimum atomic E-state index is -5.39. The fraction of sp³-hybridized carbons (Fsp3) is 0. The van der Waals surface area contributed by atoms with Gasteiger partial charge in [0.05, 0.1) is 0 Å². The molecule has 8 nitrogen and oxygen atoms in total. The molecule has 0 unspecified atom stereocenters. The van der Waals surface area contributed by atoms with Crippen LogP contribution in [-0.2, 0) is 14.2 Å². The summed E-state index contributed by atoms with van der Waals surface area (Å²) in [6.45, 7) is 0. The van der Waals surface area contributed by atoms with Crippen LogP contribution in [0.2, 0.25) is 0 Å². The number of carbonyl (C=O) groups is 2. The van der Waals surface area contributed by atoms with Crippen LogP contribution in [0.4, 0.5) is 0 Å². The van der Waals surface area contributed by atoms with Crippen LogP contribution in [0.5, 0.6) is 0 Å². The van der Waals surface area contributed by atoms with Crippen molar-refractivity contribution in [1.29, 1.82) is 0 Å². The quantitative estimate of drug-likeness (QED) is 0.253. The van der Waals surface area contributed by atoms with Gasteiger partial charge in [0.25, 0.3) is 0 Å². The van der Waals surface area contributed by atoms with Gasteiger partial charge in [0.1, 0.15) is 0 Å². The van der Waals surface area contributed by atoms with E-state index in [0.29, 0.717) is 0 Å². The third kappa shape index (κ3) is 56.4. The van der Waals surface area contributed by atoms with Gasteiger partial charge in [-0.05, 0) is 0 Å². The van der Waals surface area contributed by atoms with E-state index >= 15 is 0 Å². The fourth-order valence-electron chi connectivity index (χ4n) is 0. The molecule has 14 heavy (non-hydrogen) atoms. The van der Waals surface area contributed by atoms with Crippen molar-refractivity contribution in [2.75, 3.05) is 0 Å². The Hall–Kier alpha value is 3.96. The van der Waals surface area contributed by atoms with Gasteiger partial charge in [-0.3, -0.25) is 0 Å². The number of phosphoric acid groups is 1. The smallest absolute Gasteiger partial charge is 0.822 e. The monoisotopic (exact) mass is 302 g/mol. The molecule has 0 saturated carbocycles. The molecular formula is C2H2K3O8P. The van der Waals surface area contributed by atoms with Gasteiger partial charge in [0, 0.05) is 0 Å². The molecule has 0 radical (unpaired) electrons. The minimum Gasteiger partial charge on any atom is -0.822 e. The topological polar surface area (TPSA) is 161 Å². The maximum absolute atomic E-state index is 9.10. The Kier molecular flexibility index (Phi) is 37.3. The van der Waals surface area contributed by atoms with Crippen molar-refractivity contribution in [1.82, 2.24) is 0 Å². The molecule has 12 heteroatoms. The molecule has 0 aromatic heterocycles. The maximum Gasteiger partial charge on any atom is 1.00 e. The third-order valence-corrected chi connectivity index (χ3v) is 0.183. The Morgan fingerprint density at radius 1 is 0.857 bits per heavy atom. The molecule has 0 aliphatic carbocycles. The van der Waals surface area contributed by atoms with Crippen molar-refractivity contribution < 1.29 is 193 Å². The Morgan fingerprint density at radius 3 is 0.929 bits per heavy atom. The van der Waals surface area contributed by atoms with Crippen LogP contribution in [0, 0.1) is 0 Å². The van der Waals surface area contributed by atoms with Gasteiger partial charge in [0.2, 0.25) is 0 Å². The Bertz CT molecular complexity index is 178. The largest absolute Gasteiger partial charge is 1.00 e. The zero-order valence-corrected chi connectivity index (χ0v) is 18.1. The van der Waals surface area contributed by atoms with Crippen molar-refractivity contribution in [3.63, 3.8) is 0 Å². The third-order valence-electron chi connectivity index (χ3n) is 0.183. The van der Waals surface area contributed by atoms with E-state index < -0.39 is 19.8 Å². The predicted octanol–water partition coefficient (Wildman–Crippen LogP) is -12.7. The molecule has 0 spiro atoms. The second-order valence-corrected chi connectivity index (χ2v) is 1.95. The summed E-state index contributed by atoms with van der Waals surface area (Å²) in [5.41, 5.74) is 0. The predicted molar refractivity (Wildman–Crippen MR) is 22.9 cm³/mol.